The molecule has 128 valence electrons. The van der Waals surface area contributed by atoms with Crippen molar-refractivity contribution in [2.24, 2.45) is 0 Å². The van der Waals surface area contributed by atoms with Gasteiger partial charge >= 0.3 is 10.4 Å². The Morgan fingerprint density at radius 1 is 0.857 bits per heavy atom. The van der Waals surface area contributed by atoms with Crippen molar-refractivity contribution < 1.29 is 27.0 Å². The van der Waals surface area contributed by atoms with Crippen LogP contribution in [0.4, 0.5) is 0 Å². The van der Waals surface area contributed by atoms with Gasteiger partial charge in [0.25, 0.3) is 5.97 Å². The third kappa shape index (κ3) is 16.0. The van der Waals surface area contributed by atoms with E-state index in [0.717, 1.165) is 26.2 Å². The number of unbranched alkanes of at least 4 members (excludes halogenated alkanes) is 9. The molecule has 0 fully saturated rings. The summed E-state index contributed by atoms with van der Waals surface area (Å²) in [4.78, 5) is 0. The van der Waals surface area contributed by atoms with Gasteiger partial charge in [-0.25, -0.2) is 4.18 Å². The minimum absolute atomic E-state index is 0.00505. The summed E-state index contributed by atoms with van der Waals surface area (Å²) < 4.78 is 30.8. The first kappa shape index (κ1) is 20.8. The molecular formula is C14H30O6S. The molecule has 0 spiro atoms. The first-order valence-electron chi connectivity index (χ1n) is 7.81. The normalized spacial score (nSPS) is 12.8. The Balaban J connectivity index is 3.40. The smallest absolute Gasteiger partial charge is 0.343 e. The zero-order valence-electron chi connectivity index (χ0n) is 13.2. The Kier molecular flexibility index (Phi) is 11.3. The van der Waals surface area contributed by atoms with Crippen LogP contribution >= 0.6 is 0 Å². The van der Waals surface area contributed by atoms with Crippen LogP contribution in [0.15, 0.2) is 0 Å². The lowest BCUT2D eigenvalue weighted by Gasteiger charge is -2.15. The van der Waals surface area contributed by atoms with E-state index < -0.39 is 16.4 Å². The average molecular weight is 326 g/mol. The first-order chi connectivity index (χ1) is 9.77. The zero-order chi connectivity index (χ0) is 16.2. The van der Waals surface area contributed by atoms with Crippen molar-refractivity contribution in [3.63, 3.8) is 0 Å². The summed E-state index contributed by atoms with van der Waals surface area (Å²) in [5.74, 6) is -2.74. The molecule has 0 bridgehead atoms. The standard InChI is InChI=1S/C14H30O6S/c1-3-4-5-6-7-8-9-10-11-12-13-19-21(17,18)20-14(2,15)16/h15-16H,3-13H2,1-2H3. The Morgan fingerprint density at radius 3 is 1.71 bits per heavy atom. The largest absolute Gasteiger partial charge is 0.404 e. The van der Waals surface area contributed by atoms with Crippen LogP contribution in [0.25, 0.3) is 0 Å². The average Bonchev–Trinajstić information content (AvgIpc) is 2.33. The van der Waals surface area contributed by atoms with Crippen molar-refractivity contribution in [1.29, 1.82) is 0 Å². The van der Waals surface area contributed by atoms with E-state index in [-0.39, 0.29) is 6.61 Å². The molecule has 7 heteroatoms. The summed E-state index contributed by atoms with van der Waals surface area (Å²) in [5.41, 5.74) is 0. The number of hydrogen-bond acceptors (Lipinski definition) is 6. The highest BCUT2D eigenvalue weighted by atomic mass is 32.3. The topological polar surface area (TPSA) is 93.1 Å². The van der Waals surface area contributed by atoms with Gasteiger partial charge in [0, 0.05) is 6.92 Å². The maximum absolute atomic E-state index is 11.1. The highest BCUT2D eigenvalue weighted by molar-refractivity contribution is 7.81. The molecule has 0 saturated carbocycles. The molecule has 0 amide bonds. The third-order valence-corrected chi connectivity index (χ3v) is 3.96. The lowest BCUT2D eigenvalue weighted by molar-refractivity contribution is -0.278. The summed E-state index contributed by atoms with van der Waals surface area (Å²) in [6.45, 7) is 3.00. The van der Waals surface area contributed by atoms with Gasteiger partial charge in [-0.1, -0.05) is 64.7 Å². The van der Waals surface area contributed by atoms with Crippen LogP contribution in [-0.4, -0.2) is 31.2 Å². The predicted octanol–water partition coefficient (Wildman–Crippen LogP) is 2.84. The molecule has 0 aliphatic carbocycles. The van der Waals surface area contributed by atoms with Crippen molar-refractivity contribution in [2.45, 2.75) is 84.0 Å². The van der Waals surface area contributed by atoms with E-state index in [2.05, 4.69) is 15.3 Å². The van der Waals surface area contributed by atoms with E-state index in [1.165, 1.54) is 38.5 Å². The summed E-state index contributed by atoms with van der Waals surface area (Å²) in [6, 6.07) is 0. The molecule has 0 radical (unpaired) electrons. The molecule has 0 aromatic rings. The van der Waals surface area contributed by atoms with Gasteiger partial charge < -0.3 is 10.2 Å². The fraction of sp³-hybridized carbons (Fsp3) is 1.00. The quantitative estimate of drug-likeness (QED) is 0.376. The molecule has 0 aromatic carbocycles. The molecule has 21 heavy (non-hydrogen) atoms. The highest BCUT2D eigenvalue weighted by Gasteiger charge is 2.26. The summed E-state index contributed by atoms with van der Waals surface area (Å²) >= 11 is 0. The van der Waals surface area contributed by atoms with Crippen LogP contribution in [0, 0.1) is 0 Å². The first-order valence-corrected chi connectivity index (χ1v) is 9.15. The van der Waals surface area contributed by atoms with E-state index in [4.69, 9.17) is 10.2 Å². The van der Waals surface area contributed by atoms with E-state index >= 15 is 0 Å². The molecule has 0 saturated heterocycles. The van der Waals surface area contributed by atoms with Gasteiger partial charge in [0.1, 0.15) is 0 Å². The fourth-order valence-electron chi connectivity index (χ4n) is 1.97. The monoisotopic (exact) mass is 326 g/mol. The van der Waals surface area contributed by atoms with Crippen molar-refractivity contribution in [3.8, 4) is 0 Å². The Morgan fingerprint density at radius 2 is 1.29 bits per heavy atom. The van der Waals surface area contributed by atoms with E-state index in [9.17, 15) is 8.42 Å². The fourth-order valence-corrected chi connectivity index (χ4v) is 2.72. The SMILES string of the molecule is CCCCCCCCCCCCOS(=O)(=O)OC(C)(O)O. The van der Waals surface area contributed by atoms with Gasteiger partial charge in [0.15, 0.2) is 0 Å². The second-order valence-electron chi connectivity index (χ2n) is 5.43. The Labute approximate surface area is 128 Å². The van der Waals surface area contributed by atoms with Crippen LogP contribution in [0.1, 0.15) is 78.1 Å². The van der Waals surface area contributed by atoms with Crippen LogP contribution in [0.2, 0.25) is 0 Å². The molecule has 0 aliphatic heterocycles. The van der Waals surface area contributed by atoms with Crippen molar-refractivity contribution in [2.75, 3.05) is 6.61 Å². The number of aliphatic hydroxyl groups is 2. The van der Waals surface area contributed by atoms with Gasteiger partial charge in [-0.3, -0.25) is 0 Å². The van der Waals surface area contributed by atoms with Crippen molar-refractivity contribution in [1.82, 2.24) is 0 Å². The van der Waals surface area contributed by atoms with Gasteiger partial charge in [-0.15, -0.1) is 0 Å². The molecular weight excluding hydrogens is 296 g/mol. The van der Waals surface area contributed by atoms with Gasteiger partial charge in [-0.2, -0.15) is 12.6 Å². The Hall–Kier alpha value is -0.210. The van der Waals surface area contributed by atoms with Gasteiger partial charge in [0.2, 0.25) is 0 Å². The molecule has 0 rings (SSSR count). The lowest BCUT2D eigenvalue weighted by Crippen LogP contribution is -2.31. The second-order valence-corrected chi connectivity index (χ2v) is 6.65. The molecule has 0 aliphatic rings. The molecule has 0 aromatic heterocycles. The van der Waals surface area contributed by atoms with E-state index in [1.54, 1.807) is 0 Å². The summed E-state index contributed by atoms with van der Waals surface area (Å²) in [7, 11) is -4.35. The predicted molar refractivity (Wildman–Crippen MR) is 80.6 cm³/mol. The molecule has 6 nitrogen and oxygen atoms in total. The molecule has 0 unspecified atom stereocenters. The van der Waals surface area contributed by atoms with Crippen LogP contribution < -0.4 is 0 Å². The molecule has 0 atom stereocenters. The maximum atomic E-state index is 11.1. The minimum atomic E-state index is -4.35. The van der Waals surface area contributed by atoms with Crippen molar-refractivity contribution >= 4 is 10.4 Å². The van der Waals surface area contributed by atoms with Crippen molar-refractivity contribution in [3.05, 3.63) is 0 Å². The minimum Gasteiger partial charge on any atom is -0.343 e. The highest BCUT2D eigenvalue weighted by Crippen LogP contribution is 2.12. The molecule has 0 heterocycles. The van der Waals surface area contributed by atoms with Crippen LogP contribution in [-0.2, 0) is 18.8 Å². The van der Waals surface area contributed by atoms with Crippen LogP contribution in [0.5, 0.6) is 0 Å². The van der Waals surface area contributed by atoms with E-state index in [0.29, 0.717) is 6.42 Å². The third-order valence-electron chi connectivity index (χ3n) is 2.99. The Bertz CT molecular complexity index is 334. The number of hydrogen-bond donors (Lipinski definition) is 2. The number of rotatable bonds is 14. The second kappa shape index (κ2) is 11.4. The summed E-state index contributed by atoms with van der Waals surface area (Å²) in [5, 5.41) is 17.6. The van der Waals surface area contributed by atoms with Gasteiger partial charge in [0.05, 0.1) is 6.61 Å². The van der Waals surface area contributed by atoms with Crippen LogP contribution in [0.3, 0.4) is 0 Å². The molecule has 2 N–H and O–H groups in total. The maximum Gasteiger partial charge on any atom is 0.404 e. The lowest BCUT2D eigenvalue weighted by atomic mass is 10.1. The zero-order valence-corrected chi connectivity index (χ0v) is 14.0. The van der Waals surface area contributed by atoms with Gasteiger partial charge in [-0.05, 0) is 6.42 Å². The summed E-state index contributed by atoms with van der Waals surface area (Å²) in [6.07, 6.45) is 11.4. The van der Waals surface area contributed by atoms with E-state index in [1.807, 2.05) is 0 Å².